The summed E-state index contributed by atoms with van der Waals surface area (Å²) in [6.07, 6.45) is 5.51. The van der Waals surface area contributed by atoms with Gasteiger partial charge in [-0.1, -0.05) is 67.4 Å². The van der Waals surface area contributed by atoms with Crippen LogP contribution in [0.1, 0.15) is 69.0 Å². The van der Waals surface area contributed by atoms with E-state index in [1.54, 1.807) is 4.31 Å². The highest BCUT2D eigenvalue weighted by atomic mass is 35.5. The highest BCUT2D eigenvalue weighted by Gasteiger charge is 2.46. The van der Waals surface area contributed by atoms with Crippen molar-refractivity contribution < 1.29 is 13.2 Å². The predicted molar refractivity (Wildman–Crippen MR) is 167 cm³/mol. The number of hydrogen-bond acceptors (Lipinski definition) is 4. The van der Waals surface area contributed by atoms with Crippen LogP contribution in [0.25, 0.3) is 0 Å². The number of benzene rings is 2. The minimum atomic E-state index is -3.19. The normalized spacial score (nSPS) is 27.7. The van der Waals surface area contributed by atoms with E-state index in [1.807, 2.05) is 43.3 Å². The van der Waals surface area contributed by atoms with E-state index in [9.17, 15) is 13.2 Å². The Hall–Kier alpha value is -1.90. The summed E-state index contributed by atoms with van der Waals surface area (Å²) in [5, 5.41) is 4.60. The Bertz CT molecular complexity index is 1360. The van der Waals surface area contributed by atoms with Gasteiger partial charge < -0.3 is 5.32 Å². The quantitative estimate of drug-likeness (QED) is 0.312. The van der Waals surface area contributed by atoms with Crippen molar-refractivity contribution in [1.82, 2.24) is 14.5 Å². The summed E-state index contributed by atoms with van der Waals surface area (Å²) in [5.41, 5.74) is 1.74. The van der Waals surface area contributed by atoms with Crippen LogP contribution in [0, 0.1) is 11.3 Å². The fourth-order valence-electron chi connectivity index (χ4n) is 6.75. The van der Waals surface area contributed by atoms with Crippen molar-refractivity contribution in [3.05, 3.63) is 82.4 Å². The molecular formula is C32H41Cl2N3O3S. The summed E-state index contributed by atoms with van der Waals surface area (Å²) in [7, 11) is -3.19. The molecule has 1 aliphatic carbocycles. The topological polar surface area (TPSA) is 69.7 Å². The summed E-state index contributed by atoms with van der Waals surface area (Å²) >= 11 is 12.7. The number of sulfonamides is 1. The Morgan fingerprint density at radius 3 is 2.37 bits per heavy atom. The molecule has 0 aromatic heterocycles. The Morgan fingerprint density at radius 2 is 1.76 bits per heavy atom. The van der Waals surface area contributed by atoms with E-state index in [1.165, 1.54) is 0 Å². The van der Waals surface area contributed by atoms with Crippen LogP contribution in [0.15, 0.2) is 61.2 Å². The molecule has 2 aromatic carbocycles. The number of hydrogen-bond donors (Lipinski definition) is 1. The van der Waals surface area contributed by atoms with Gasteiger partial charge in [0, 0.05) is 54.2 Å². The molecule has 1 unspecified atom stereocenters. The zero-order valence-electron chi connectivity index (χ0n) is 23.9. The highest BCUT2D eigenvalue weighted by molar-refractivity contribution is 7.90. The van der Waals surface area contributed by atoms with Gasteiger partial charge in [-0.2, -0.15) is 4.31 Å². The number of piperidine rings is 1. The fraction of sp³-hybridized carbons (Fsp3) is 0.531. The Morgan fingerprint density at radius 1 is 1.07 bits per heavy atom. The average Bonchev–Trinajstić information content (AvgIpc) is 3.80. The molecule has 2 saturated heterocycles. The molecule has 5 atom stereocenters. The molecule has 5 rings (SSSR count). The lowest BCUT2D eigenvalue weighted by Gasteiger charge is -2.46. The lowest BCUT2D eigenvalue weighted by atomic mass is 9.67. The van der Waals surface area contributed by atoms with Gasteiger partial charge in [0.15, 0.2) is 0 Å². The van der Waals surface area contributed by atoms with E-state index in [4.69, 9.17) is 23.2 Å². The van der Waals surface area contributed by atoms with Gasteiger partial charge in [-0.05, 0) is 73.4 Å². The second-order valence-corrected chi connectivity index (χ2v) is 15.5. The molecule has 0 spiro atoms. The molecule has 222 valence electrons. The molecule has 1 saturated carbocycles. The standard InChI is InChI=1S/C32H41Cl2N3O3S/c1-4-14-32(3)21-28(24-6-5-7-26(34)20-24)30(35-31(32)38)22(2)19-29(23-8-10-25(33)11-9-23)36-15-17-37(18-16-36)41(39,40)27-12-13-27/h4-11,20,22,27-30H,1,12-19,21H2,2-3H3,(H,35,38)/t22?,28-,29+,30+,32+/m1/s1. The van der Waals surface area contributed by atoms with E-state index in [-0.39, 0.29) is 35.1 Å². The molecule has 0 bridgehead atoms. The SMILES string of the molecule is C=CC[C@@]1(C)C[C@H](c2cccc(Cl)c2)[C@H](C(C)C[C@@H](c2ccc(Cl)cc2)N2CCN(S(=O)(=O)C3CC3)CC2)NC1=O. The summed E-state index contributed by atoms with van der Waals surface area (Å²) in [6, 6.07) is 16.0. The minimum absolute atomic E-state index is 0.0615. The number of nitrogens with one attached hydrogen (secondary N) is 1. The molecule has 1 N–H and O–H groups in total. The van der Waals surface area contributed by atoms with Crippen molar-refractivity contribution in [3.63, 3.8) is 0 Å². The first-order valence-electron chi connectivity index (χ1n) is 14.7. The Kier molecular flexibility index (Phi) is 9.22. The third kappa shape index (κ3) is 6.70. The van der Waals surface area contributed by atoms with Crippen molar-refractivity contribution in [2.24, 2.45) is 11.3 Å². The van der Waals surface area contributed by atoms with Gasteiger partial charge in [-0.15, -0.1) is 6.58 Å². The first kappa shape index (κ1) is 30.6. The Balaban J connectivity index is 1.40. The molecule has 2 aliphatic heterocycles. The third-order valence-corrected chi connectivity index (χ3v) is 12.2. The zero-order valence-corrected chi connectivity index (χ0v) is 26.3. The van der Waals surface area contributed by atoms with Gasteiger partial charge in [0.25, 0.3) is 0 Å². The van der Waals surface area contributed by atoms with Gasteiger partial charge >= 0.3 is 0 Å². The van der Waals surface area contributed by atoms with Crippen LogP contribution < -0.4 is 5.32 Å². The average molecular weight is 619 g/mol. The predicted octanol–water partition coefficient (Wildman–Crippen LogP) is 6.43. The van der Waals surface area contributed by atoms with Gasteiger partial charge in [0.05, 0.1) is 10.7 Å². The molecule has 1 amide bonds. The Labute approximate surface area is 255 Å². The summed E-state index contributed by atoms with van der Waals surface area (Å²) in [6.45, 7) is 10.5. The highest BCUT2D eigenvalue weighted by Crippen LogP contribution is 2.45. The number of carbonyl (C=O) groups excluding carboxylic acids is 1. The molecule has 3 aliphatic rings. The van der Waals surface area contributed by atoms with Crippen molar-refractivity contribution in [1.29, 1.82) is 0 Å². The third-order valence-electron chi connectivity index (χ3n) is 9.30. The number of nitrogens with zero attached hydrogens (tertiary/aromatic N) is 2. The van der Waals surface area contributed by atoms with Crippen LogP contribution in [-0.2, 0) is 14.8 Å². The molecule has 3 fully saturated rings. The van der Waals surface area contributed by atoms with E-state index in [2.05, 4.69) is 41.9 Å². The van der Waals surface area contributed by atoms with Gasteiger partial charge in [0.1, 0.15) is 0 Å². The van der Waals surface area contributed by atoms with Crippen LogP contribution in [0.3, 0.4) is 0 Å². The van der Waals surface area contributed by atoms with E-state index >= 15 is 0 Å². The first-order valence-corrected chi connectivity index (χ1v) is 16.9. The van der Waals surface area contributed by atoms with Crippen LogP contribution in [0.5, 0.6) is 0 Å². The summed E-state index contributed by atoms with van der Waals surface area (Å²) in [4.78, 5) is 15.9. The largest absolute Gasteiger partial charge is 0.352 e. The van der Waals surface area contributed by atoms with Gasteiger partial charge in [0.2, 0.25) is 15.9 Å². The lowest BCUT2D eigenvalue weighted by Crippen LogP contribution is -2.56. The molecule has 6 nitrogen and oxygen atoms in total. The number of rotatable bonds is 10. The van der Waals surface area contributed by atoms with E-state index in [0.717, 1.165) is 30.4 Å². The van der Waals surface area contributed by atoms with Crippen molar-refractivity contribution in [3.8, 4) is 0 Å². The number of piperazine rings is 1. The molecular weight excluding hydrogens is 577 g/mol. The van der Waals surface area contributed by atoms with Crippen LogP contribution in [0.4, 0.5) is 0 Å². The van der Waals surface area contributed by atoms with E-state index in [0.29, 0.717) is 49.1 Å². The van der Waals surface area contributed by atoms with E-state index < -0.39 is 15.4 Å². The lowest BCUT2D eigenvalue weighted by molar-refractivity contribution is -0.135. The monoisotopic (exact) mass is 617 g/mol. The van der Waals surface area contributed by atoms with Crippen molar-refractivity contribution >= 4 is 39.1 Å². The molecule has 2 aromatic rings. The maximum Gasteiger partial charge on any atom is 0.226 e. The number of carbonyl (C=O) groups is 1. The van der Waals surface area contributed by atoms with Crippen LogP contribution in [-0.4, -0.2) is 61.0 Å². The number of amides is 1. The molecule has 41 heavy (non-hydrogen) atoms. The summed E-state index contributed by atoms with van der Waals surface area (Å²) < 4.78 is 27.4. The second-order valence-electron chi connectivity index (χ2n) is 12.4. The first-order chi connectivity index (χ1) is 19.5. The summed E-state index contributed by atoms with van der Waals surface area (Å²) in [5.74, 6) is 0.289. The van der Waals surface area contributed by atoms with Crippen LogP contribution in [0.2, 0.25) is 10.0 Å². The maximum atomic E-state index is 13.5. The van der Waals surface area contributed by atoms with Crippen molar-refractivity contribution in [2.45, 2.75) is 69.2 Å². The van der Waals surface area contributed by atoms with Crippen molar-refractivity contribution in [2.75, 3.05) is 26.2 Å². The van der Waals surface area contributed by atoms with Gasteiger partial charge in [-0.3, -0.25) is 9.69 Å². The van der Waals surface area contributed by atoms with Gasteiger partial charge in [-0.25, -0.2) is 8.42 Å². The molecule has 9 heteroatoms. The fourth-order valence-corrected chi connectivity index (χ4v) is 8.90. The molecule has 0 radical (unpaired) electrons. The minimum Gasteiger partial charge on any atom is -0.352 e. The number of halogens is 2. The maximum absolute atomic E-state index is 13.5. The second kappa shape index (κ2) is 12.4. The molecule has 2 heterocycles. The smallest absolute Gasteiger partial charge is 0.226 e. The van der Waals surface area contributed by atoms with Crippen LogP contribution >= 0.6 is 23.2 Å². The number of allylic oxidation sites excluding steroid dienone is 1. The zero-order chi connectivity index (χ0) is 29.4.